The second-order valence-electron chi connectivity index (χ2n) is 6.89. The van der Waals surface area contributed by atoms with Gasteiger partial charge in [0.05, 0.1) is 6.61 Å². The molecule has 4 heteroatoms. The zero-order valence-electron chi connectivity index (χ0n) is 12.6. The third-order valence-electron chi connectivity index (χ3n) is 4.56. The first-order valence-corrected chi connectivity index (χ1v) is 7.70. The van der Waals surface area contributed by atoms with E-state index >= 15 is 0 Å². The van der Waals surface area contributed by atoms with Crippen LogP contribution in [0.1, 0.15) is 39.5 Å². The van der Waals surface area contributed by atoms with Crippen LogP contribution >= 0.6 is 0 Å². The number of hydrogen-bond acceptors (Lipinski definition) is 3. The molecule has 114 valence electrons. The first-order valence-electron chi connectivity index (χ1n) is 7.70. The predicted octanol–water partition coefficient (Wildman–Crippen LogP) is 2.72. The molecular weight excluding hydrogens is 254 g/mol. The third-order valence-corrected chi connectivity index (χ3v) is 4.56. The Balaban J connectivity index is 1.65. The summed E-state index contributed by atoms with van der Waals surface area (Å²) in [6.07, 6.45) is 8.97. The fraction of sp³-hybridized carbons (Fsp3) is 0.812. The van der Waals surface area contributed by atoms with Crippen molar-refractivity contribution in [2.24, 2.45) is 23.2 Å². The van der Waals surface area contributed by atoms with Crippen LogP contribution in [0.25, 0.3) is 0 Å². The molecule has 1 fully saturated rings. The minimum atomic E-state index is -0.357. The SMILES string of the molecule is CC(C)(CO)CNC(=O)OCC1C2CC/C=C\CCC21. The molecule has 2 rings (SSSR count). The second-order valence-corrected chi connectivity index (χ2v) is 6.89. The van der Waals surface area contributed by atoms with E-state index in [0.717, 1.165) is 24.7 Å². The summed E-state index contributed by atoms with van der Waals surface area (Å²) in [5.41, 5.74) is -0.298. The van der Waals surface area contributed by atoms with Gasteiger partial charge in [-0.05, 0) is 43.4 Å². The summed E-state index contributed by atoms with van der Waals surface area (Å²) in [6, 6.07) is 0. The minimum Gasteiger partial charge on any atom is -0.449 e. The van der Waals surface area contributed by atoms with Gasteiger partial charge < -0.3 is 15.2 Å². The number of amides is 1. The number of nitrogens with one attached hydrogen (secondary N) is 1. The molecule has 0 aliphatic heterocycles. The molecule has 1 amide bonds. The summed E-state index contributed by atoms with van der Waals surface area (Å²) < 4.78 is 5.33. The maximum atomic E-state index is 11.7. The Labute approximate surface area is 121 Å². The zero-order valence-corrected chi connectivity index (χ0v) is 12.6. The van der Waals surface area contributed by atoms with Crippen LogP contribution in [0.15, 0.2) is 12.2 Å². The number of rotatable bonds is 5. The molecule has 0 radical (unpaired) electrons. The monoisotopic (exact) mass is 281 g/mol. The molecule has 2 atom stereocenters. The highest BCUT2D eigenvalue weighted by molar-refractivity contribution is 5.67. The summed E-state index contributed by atoms with van der Waals surface area (Å²) >= 11 is 0. The predicted molar refractivity (Wildman–Crippen MR) is 78.3 cm³/mol. The molecule has 0 bridgehead atoms. The van der Waals surface area contributed by atoms with Crippen molar-refractivity contribution < 1.29 is 14.6 Å². The van der Waals surface area contributed by atoms with Crippen LogP contribution in [0.2, 0.25) is 0 Å². The van der Waals surface area contributed by atoms with Crippen molar-refractivity contribution in [1.29, 1.82) is 0 Å². The van der Waals surface area contributed by atoms with Crippen molar-refractivity contribution in [1.82, 2.24) is 5.32 Å². The number of fused-ring (bicyclic) bond motifs is 1. The molecule has 0 aromatic carbocycles. The Morgan fingerprint density at radius 3 is 2.45 bits per heavy atom. The van der Waals surface area contributed by atoms with Crippen LogP contribution in [-0.2, 0) is 4.74 Å². The Morgan fingerprint density at radius 2 is 1.90 bits per heavy atom. The van der Waals surface area contributed by atoms with E-state index in [1.54, 1.807) is 0 Å². The molecule has 2 aliphatic carbocycles. The molecule has 4 nitrogen and oxygen atoms in total. The van der Waals surface area contributed by atoms with Crippen molar-refractivity contribution in [3.05, 3.63) is 12.2 Å². The van der Waals surface area contributed by atoms with Crippen molar-refractivity contribution in [2.45, 2.75) is 39.5 Å². The number of carbonyl (C=O) groups is 1. The Kier molecular flexibility index (Phi) is 5.08. The van der Waals surface area contributed by atoms with E-state index in [2.05, 4.69) is 17.5 Å². The fourth-order valence-corrected chi connectivity index (χ4v) is 3.03. The van der Waals surface area contributed by atoms with E-state index in [0.29, 0.717) is 19.1 Å². The number of alkyl carbamates (subject to hydrolysis) is 1. The fourth-order valence-electron chi connectivity index (χ4n) is 3.03. The molecule has 2 unspecified atom stereocenters. The lowest BCUT2D eigenvalue weighted by Crippen LogP contribution is -2.36. The molecule has 0 saturated heterocycles. The van der Waals surface area contributed by atoms with Crippen LogP contribution in [0.4, 0.5) is 4.79 Å². The summed E-state index contributed by atoms with van der Waals surface area (Å²) in [5, 5.41) is 11.9. The lowest BCUT2D eigenvalue weighted by molar-refractivity contribution is 0.121. The molecule has 20 heavy (non-hydrogen) atoms. The van der Waals surface area contributed by atoms with Crippen LogP contribution in [-0.4, -0.2) is 31.0 Å². The topological polar surface area (TPSA) is 58.6 Å². The molecule has 2 N–H and O–H groups in total. The van der Waals surface area contributed by atoms with E-state index in [9.17, 15) is 4.79 Å². The molecule has 1 saturated carbocycles. The second kappa shape index (κ2) is 6.61. The van der Waals surface area contributed by atoms with Gasteiger partial charge in [-0.3, -0.25) is 0 Å². The number of hydrogen-bond donors (Lipinski definition) is 2. The first-order chi connectivity index (χ1) is 9.53. The number of aliphatic hydroxyl groups excluding tert-OH is 1. The number of ether oxygens (including phenoxy) is 1. The summed E-state index contributed by atoms with van der Waals surface area (Å²) in [6.45, 7) is 4.84. The van der Waals surface area contributed by atoms with Gasteiger partial charge in [0.15, 0.2) is 0 Å². The van der Waals surface area contributed by atoms with Gasteiger partial charge >= 0.3 is 6.09 Å². The number of carbonyl (C=O) groups excluding carboxylic acids is 1. The van der Waals surface area contributed by atoms with Crippen molar-refractivity contribution >= 4 is 6.09 Å². The quantitative estimate of drug-likeness (QED) is 0.762. The largest absolute Gasteiger partial charge is 0.449 e. The zero-order chi connectivity index (χ0) is 14.6. The van der Waals surface area contributed by atoms with E-state index < -0.39 is 0 Å². The van der Waals surface area contributed by atoms with Gasteiger partial charge in [-0.1, -0.05) is 26.0 Å². The van der Waals surface area contributed by atoms with Gasteiger partial charge in [0.25, 0.3) is 0 Å². The van der Waals surface area contributed by atoms with Crippen molar-refractivity contribution in [3.63, 3.8) is 0 Å². The molecule has 0 aromatic heterocycles. The highest BCUT2D eigenvalue weighted by Gasteiger charge is 2.49. The van der Waals surface area contributed by atoms with Gasteiger partial charge in [0, 0.05) is 18.6 Å². The van der Waals surface area contributed by atoms with Crippen molar-refractivity contribution in [2.75, 3.05) is 19.8 Å². The Morgan fingerprint density at radius 1 is 1.30 bits per heavy atom. The highest BCUT2D eigenvalue weighted by Crippen LogP contribution is 2.52. The number of allylic oxidation sites excluding steroid dienone is 2. The maximum Gasteiger partial charge on any atom is 0.407 e. The standard InChI is InChI=1S/C16H27NO3/c1-16(2,11-18)10-17-15(19)20-9-14-12-7-5-3-4-6-8-13(12)14/h3-4,12-14,18H,5-11H2,1-2H3,(H,17,19)/b4-3-. The highest BCUT2D eigenvalue weighted by atomic mass is 16.5. The smallest absolute Gasteiger partial charge is 0.407 e. The van der Waals surface area contributed by atoms with Crippen LogP contribution in [0.5, 0.6) is 0 Å². The van der Waals surface area contributed by atoms with Crippen LogP contribution in [0.3, 0.4) is 0 Å². The van der Waals surface area contributed by atoms with Gasteiger partial charge in [0.1, 0.15) is 0 Å². The normalized spacial score (nSPS) is 30.6. The Bertz CT molecular complexity index is 349. The third kappa shape index (κ3) is 4.23. The molecular formula is C16H27NO3. The van der Waals surface area contributed by atoms with E-state index in [1.807, 2.05) is 13.8 Å². The van der Waals surface area contributed by atoms with Crippen LogP contribution < -0.4 is 5.32 Å². The van der Waals surface area contributed by atoms with Gasteiger partial charge in [-0.15, -0.1) is 0 Å². The average molecular weight is 281 g/mol. The first kappa shape index (κ1) is 15.4. The summed E-state index contributed by atoms with van der Waals surface area (Å²) in [4.78, 5) is 11.7. The van der Waals surface area contributed by atoms with Crippen LogP contribution in [0, 0.1) is 23.2 Å². The lowest BCUT2D eigenvalue weighted by atomic mass is 9.95. The summed E-state index contributed by atoms with van der Waals surface area (Å²) in [7, 11) is 0. The van der Waals surface area contributed by atoms with E-state index in [-0.39, 0.29) is 18.1 Å². The average Bonchev–Trinajstić information content (AvgIpc) is 3.04. The molecule has 0 heterocycles. The molecule has 0 spiro atoms. The number of aliphatic hydroxyl groups is 1. The summed E-state index contributed by atoms with van der Waals surface area (Å²) in [5.74, 6) is 2.06. The molecule has 2 aliphatic rings. The molecule has 0 aromatic rings. The maximum absolute atomic E-state index is 11.7. The van der Waals surface area contributed by atoms with E-state index in [4.69, 9.17) is 9.84 Å². The van der Waals surface area contributed by atoms with Gasteiger partial charge in [0.2, 0.25) is 0 Å². The van der Waals surface area contributed by atoms with Gasteiger partial charge in [-0.2, -0.15) is 0 Å². The van der Waals surface area contributed by atoms with Crippen molar-refractivity contribution in [3.8, 4) is 0 Å². The van der Waals surface area contributed by atoms with E-state index in [1.165, 1.54) is 12.8 Å². The minimum absolute atomic E-state index is 0.0487. The lowest BCUT2D eigenvalue weighted by Gasteiger charge is -2.21. The Hall–Kier alpha value is -1.03. The van der Waals surface area contributed by atoms with Gasteiger partial charge in [-0.25, -0.2) is 4.79 Å².